The highest BCUT2D eigenvalue weighted by atomic mass is 79.9. The lowest BCUT2D eigenvalue weighted by Gasteiger charge is -1.94. The Bertz CT molecular complexity index is 343. The summed E-state index contributed by atoms with van der Waals surface area (Å²) in [5.41, 5.74) is 0.915. The molecule has 0 aromatic carbocycles. The van der Waals surface area contributed by atoms with Gasteiger partial charge >= 0.3 is 5.97 Å². The van der Waals surface area contributed by atoms with Crippen molar-refractivity contribution >= 4 is 28.0 Å². The molecule has 0 unspecified atom stereocenters. The SMILES string of the molecule is C/C(=C/c1ccc(Br)cn1)C(=O)O. The van der Waals surface area contributed by atoms with Crippen molar-refractivity contribution in [1.29, 1.82) is 0 Å². The van der Waals surface area contributed by atoms with Crippen LogP contribution in [0.15, 0.2) is 28.4 Å². The van der Waals surface area contributed by atoms with Gasteiger partial charge in [-0.1, -0.05) is 0 Å². The minimum atomic E-state index is -0.926. The number of pyridine rings is 1. The molecule has 0 atom stereocenters. The third-order valence-electron chi connectivity index (χ3n) is 1.45. The van der Waals surface area contributed by atoms with E-state index in [0.717, 1.165) is 4.47 Å². The molecular formula is C9H8BrNO2. The van der Waals surface area contributed by atoms with E-state index < -0.39 is 5.97 Å². The lowest BCUT2D eigenvalue weighted by atomic mass is 10.2. The Morgan fingerprint density at radius 2 is 2.31 bits per heavy atom. The van der Waals surface area contributed by atoms with Gasteiger partial charge in [-0.2, -0.15) is 0 Å². The maximum atomic E-state index is 10.5. The molecule has 1 heterocycles. The monoisotopic (exact) mass is 241 g/mol. The molecule has 0 spiro atoms. The van der Waals surface area contributed by atoms with Gasteiger partial charge in [0.1, 0.15) is 0 Å². The average Bonchev–Trinajstić information content (AvgIpc) is 2.08. The second kappa shape index (κ2) is 4.18. The van der Waals surface area contributed by atoms with Gasteiger partial charge in [0.05, 0.1) is 5.69 Å². The number of carboxylic acids is 1. The molecule has 4 heteroatoms. The van der Waals surface area contributed by atoms with Crippen LogP contribution in [0.25, 0.3) is 6.08 Å². The van der Waals surface area contributed by atoms with Crippen molar-refractivity contribution in [3.05, 3.63) is 34.1 Å². The molecular weight excluding hydrogens is 234 g/mol. The number of hydrogen-bond acceptors (Lipinski definition) is 2. The van der Waals surface area contributed by atoms with Crippen LogP contribution in [0, 0.1) is 0 Å². The standard InChI is InChI=1S/C9H8BrNO2/c1-6(9(12)13)4-8-3-2-7(10)5-11-8/h2-5H,1H3,(H,12,13)/b6-4-. The van der Waals surface area contributed by atoms with E-state index >= 15 is 0 Å². The number of nitrogens with zero attached hydrogens (tertiary/aromatic N) is 1. The minimum absolute atomic E-state index is 0.273. The summed E-state index contributed by atoms with van der Waals surface area (Å²) in [7, 11) is 0. The molecule has 0 amide bonds. The first-order valence-corrected chi connectivity index (χ1v) is 4.42. The molecule has 1 rings (SSSR count). The Labute approximate surface area is 84.2 Å². The van der Waals surface area contributed by atoms with Crippen molar-refractivity contribution in [3.63, 3.8) is 0 Å². The van der Waals surface area contributed by atoms with Gasteiger partial charge < -0.3 is 5.11 Å². The summed E-state index contributed by atoms with van der Waals surface area (Å²) in [6.07, 6.45) is 3.15. The molecule has 0 fully saturated rings. The van der Waals surface area contributed by atoms with Crippen molar-refractivity contribution in [2.75, 3.05) is 0 Å². The molecule has 0 aliphatic carbocycles. The first-order valence-electron chi connectivity index (χ1n) is 3.63. The van der Waals surface area contributed by atoms with Crippen LogP contribution < -0.4 is 0 Å². The van der Waals surface area contributed by atoms with E-state index in [9.17, 15) is 4.79 Å². The second-order valence-corrected chi connectivity index (χ2v) is 3.45. The molecule has 68 valence electrons. The highest BCUT2D eigenvalue weighted by Crippen LogP contribution is 2.09. The van der Waals surface area contributed by atoms with Crippen LogP contribution in [0.3, 0.4) is 0 Å². The molecule has 1 aromatic heterocycles. The van der Waals surface area contributed by atoms with Crippen LogP contribution in [0.5, 0.6) is 0 Å². The molecule has 0 bridgehead atoms. The molecule has 0 aliphatic rings. The van der Waals surface area contributed by atoms with Gasteiger partial charge in [-0.25, -0.2) is 4.79 Å². The number of hydrogen-bond donors (Lipinski definition) is 1. The van der Waals surface area contributed by atoms with Crippen LogP contribution in [-0.4, -0.2) is 16.1 Å². The van der Waals surface area contributed by atoms with Gasteiger partial charge in [0.2, 0.25) is 0 Å². The number of rotatable bonds is 2. The number of carbonyl (C=O) groups is 1. The molecule has 0 saturated heterocycles. The molecule has 0 aliphatic heterocycles. The average molecular weight is 242 g/mol. The number of carboxylic acid groups (broad SMARTS) is 1. The Morgan fingerprint density at radius 1 is 1.62 bits per heavy atom. The van der Waals surface area contributed by atoms with E-state index in [1.165, 1.54) is 13.0 Å². The highest BCUT2D eigenvalue weighted by Gasteiger charge is 1.99. The van der Waals surface area contributed by atoms with Gasteiger partial charge in [-0.3, -0.25) is 4.98 Å². The highest BCUT2D eigenvalue weighted by molar-refractivity contribution is 9.10. The third kappa shape index (κ3) is 2.99. The topological polar surface area (TPSA) is 50.2 Å². The van der Waals surface area contributed by atoms with E-state index in [1.54, 1.807) is 12.3 Å². The quantitative estimate of drug-likeness (QED) is 0.809. The van der Waals surface area contributed by atoms with E-state index in [2.05, 4.69) is 20.9 Å². The first-order chi connectivity index (χ1) is 6.09. The number of halogens is 1. The fourth-order valence-corrected chi connectivity index (χ4v) is 0.991. The number of aromatic nitrogens is 1. The lowest BCUT2D eigenvalue weighted by molar-refractivity contribution is -0.132. The van der Waals surface area contributed by atoms with Crippen LogP contribution in [0.2, 0.25) is 0 Å². The predicted octanol–water partition coefficient (Wildman–Crippen LogP) is 2.33. The van der Waals surface area contributed by atoms with Crippen molar-refractivity contribution < 1.29 is 9.90 Å². The van der Waals surface area contributed by atoms with Crippen molar-refractivity contribution in [2.24, 2.45) is 0 Å². The Morgan fingerprint density at radius 3 is 2.77 bits per heavy atom. The fourth-order valence-electron chi connectivity index (χ4n) is 0.756. The van der Waals surface area contributed by atoms with Crippen LogP contribution >= 0.6 is 15.9 Å². The largest absolute Gasteiger partial charge is 0.478 e. The normalized spacial score (nSPS) is 11.4. The summed E-state index contributed by atoms with van der Waals surface area (Å²) >= 11 is 3.24. The molecule has 1 N–H and O–H groups in total. The zero-order valence-corrected chi connectivity index (χ0v) is 8.58. The summed E-state index contributed by atoms with van der Waals surface area (Å²) in [6, 6.07) is 3.56. The summed E-state index contributed by atoms with van der Waals surface area (Å²) in [5.74, 6) is -0.926. The van der Waals surface area contributed by atoms with Crippen molar-refractivity contribution in [3.8, 4) is 0 Å². The minimum Gasteiger partial charge on any atom is -0.478 e. The third-order valence-corrected chi connectivity index (χ3v) is 1.92. The van der Waals surface area contributed by atoms with Gasteiger partial charge in [-0.15, -0.1) is 0 Å². The lowest BCUT2D eigenvalue weighted by Crippen LogP contribution is -1.95. The second-order valence-electron chi connectivity index (χ2n) is 2.53. The summed E-state index contributed by atoms with van der Waals surface area (Å²) in [4.78, 5) is 14.5. The fraction of sp³-hybridized carbons (Fsp3) is 0.111. The Kier molecular flexibility index (Phi) is 3.19. The van der Waals surface area contributed by atoms with Crippen LogP contribution in [-0.2, 0) is 4.79 Å². The maximum Gasteiger partial charge on any atom is 0.331 e. The molecule has 3 nitrogen and oxygen atoms in total. The zero-order valence-electron chi connectivity index (χ0n) is 6.99. The molecule has 1 aromatic rings. The van der Waals surface area contributed by atoms with E-state index in [4.69, 9.17) is 5.11 Å². The van der Waals surface area contributed by atoms with Gasteiger partial charge in [0.25, 0.3) is 0 Å². The maximum absolute atomic E-state index is 10.5. The summed E-state index contributed by atoms with van der Waals surface area (Å²) in [5, 5.41) is 8.59. The van der Waals surface area contributed by atoms with E-state index in [1.807, 2.05) is 6.07 Å². The van der Waals surface area contributed by atoms with Crippen molar-refractivity contribution in [1.82, 2.24) is 4.98 Å². The predicted molar refractivity (Wildman–Crippen MR) is 53.2 cm³/mol. The molecule has 0 saturated carbocycles. The summed E-state index contributed by atoms with van der Waals surface area (Å²) < 4.78 is 0.873. The summed E-state index contributed by atoms with van der Waals surface area (Å²) in [6.45, 7) is 1.53. The van der Waals surface area contributed by atoms with E-state index in [-0.39, 0.29) is 5.57 Å². The van der Waals surface area contributed by atoms with Crippen LogP contribution in [0.4, 0.5) is 0 Å². The molecule has 13 heavy (non-hydrogen) atoms. The van der Waals surface area contributed by atoms with Gasteiger partial charge in [0, 0.05) is 16.2 Å². The van der Waals surface area contributed by atoms with Gasteiger partial charge in [0.15, 0.2) is 0 Å². The van der Waals surface area contributed by atoms with Crippen LogP contribution in [0.1, 0.15) is 12.6 Å². The smallest absolute Gasteiger partial charge is 0.331 e. The van der Waals surface area contributed by atoms with E-state index in [0.29, 0.717) is 5.69 Å². The van der Waals surface area contributed by atoms with Crippen molar-refractivity contribution in [2.45, 2.75) is 6.92 Å². The van der Waals surface area contributed by atoms with Gasteiger partial charge in [-0.05, 0) is 41.1 Å². The Hall–Kier alpha value is -1.16. The first kappa shape index (κ1) is 9.92. The Balaban J connectivity index is 2.92. The number of aliphatic carboxylic acids is 1. The molecule has 0 radical (unpaired) electrons. The zero-order chi connectivity index (χ0) is 9.84.